The van der Waals surface area contributed by atoms with Crippen molar-refractivity contribution in [1.29, 1.82) is 0 Å². The van der Waals surface area contributed by atoms with Crippen LogP contribution in [-0.4, -0.2) is 32.8 Å². The van der Waals surface area contributed by atoms with Crippen LogP contribution in [0.25, 0.3) is 0 Å². The quantitative estimate of drug-likeness (QED) is 0.710. The topological polar surface area (TPSA) is 29.5 Å². The summed E-state index contributed by atoms with van der Waals surface area (Å²) < 4.78 is 6.05. The summed E-state index contributed by atoms with van der Waals surface area (Å²) in [6.07, 6.45) is 2.82. The predicted octanol–water partition coefficient (Wildman–Crippen LogP) is 2.05. The second-order valence-electron chi connectivity index (χ2n) is 6.30. The zero-order valence-electron chi connectivity index (χ0n) is 11.3. The maximum atomic E-state index is 11.8. The van der Waals surface area contributed by atoms with E-state index in [0.29, 0.717) is 6.42 Å². The predicted molar refractivity (Wildman–Crippen MR) is 69.0 cm³/mol. The molecule has 0 N–H and O–H groups in total. The first-order valence-electron chi connectivity index (χ1n) is 6.17. The monoisotopic (exact) mass is 243 g/mol. The third-order valence-corrected chi connectivity index (χ3v) is 4.55. The summed E-state index contributed by atoms with van der Waals surface area (Å²) in [4.78, 5) is 13.7. The van der Waals surface area contributed by atoms with Crippen LogP contribution >= 0.6 is 0 Å². The summed E-state index contributed by atoms with van der Waals surface area (Å²) in [5.41, 5.74) is -0.406. The molecule has 1 heterocycles. The van der Waals surface area contributed by atoms with Gasteiger partial charge in [0.2, 0.25) is 5.91 Å². The van der Waals surface area contributed by atoms with E-state index in [-0.39, 0.29) is 10.9 Å². The molecule has 4 heteroatoms. The second kappa shape index (κ2) is 4.88. The normalized spacial score (nSPS) is 19.8. The lowest BCUT2D eigenvalue weighted by Gasteiger charge is -2.42. The van der Waals surface area contributed by atoms with Gasteiger partial charge in [0.15, 0.2) is 9.76 Å². The second-order valence-corrected chi connectivity index (χ2v) is 9.00. The Kier molecular flexibility index (Phi) is 4.18. The van der Waals surface area contributed by atoms with Crippen molar-refractivity contribution in [1.82, 2.24) is 4.90 Å². The van der Waals surface area contributed by atoms with Crippen molar-refractivity contribution in [3.63, 3.8) is 0 Å². The minimum absolute atomic E-state index is 0.249. The van der Waals surface area contributed by atoms with E-state index in [1.807, 2.05) is 18.7 Å². The Bertz CT molecular complexity index is 258. The molecule has 0 aliphatic carbocycles. The maximum Gasteiger partial charge on any atom is 0.224 e. The summed E-state index contributed by atoms with van der Waals surface area (Å²) in [7, 11) is -0.616. The number of carbonyl (C=O) groups excluding carboxylic acids is 1. The molecule has 1 saturated heterocycles. The minimum Gasteiger partial charge on any atom is -0.402 e. The summed E-state index contributed by atoms with van der Waals surface area (Å²) >= 11 is 0. The van der Waals surface area contributed by atoms with Crippen LogP contribution in [0, 0.1) is 0 Å². The molecule has 1 fully saturated rings. The van der Waals surface area contributed by atoms with E-state index in [1.54, 1.807) is 0 Å². The fraction of sp³-hybridized carbons (Fsp3) is 0.917. The van der Waals surface area contributed by atoms with Crippen LogP contribution in [0.1, 0.15) is 53.9 Å². The fourth-order valence-corrected chi connectivity index (χ4v) is 2.79. The molecule has 0 bridgehead atoms. The number of likely N-dealkylation sites (tertiary alicyclic amines) is 1. The van der Waals surface area contributed by atoms with Gasteiger partial charge in [-0.25, -0.2) is 0 Å². The van der Waals surface area contributed by atoms with Gasteiger partial charge in [0.05, 0.1) is 0 Å². The molecular weight excluding hydrogens is 218 g/mol. The van der Waals surface area contributed by atoms with Crippen LogP contribution in [0.15, 0.2) is 0 Å². The Labute approximate surface area is 101 Å². The van der Waals surface area contributed by atoms with Crippen molar-refractivity contribution in [3.05, 3.63) is 0 Å². The molecule has 1 aliphatic rings. The van der Waals surface area contributed by atoms with Gasteiger partial charge in [-0.1, -0.05) is 20.8 Å². The highest BCUT2D eigenvalue weighted by Crippen LogP contribution is 2.27. The summed E-state index contributed by atoms with van der Waals surface area (Å²) in [6, 6.07) is 0. The first-order chi connectivity index (χ1) is 7.22. The van der Waals surface area contributed by atoms with Crippen molar-refractivity contribution in [2.24, 2.45) is 0 Å². The Morgan fingerprint density at radius 1 is 1.19 bits per heavy atom. The van der Waals surface area contributed by atoms with Crippen molar-refractivity contribution < 1.29 is 9.22 Å². The Morgan fingerprint density at radius 3 is 2.31 bits per heavy atom. The Morgan fingerprint density at radius 2 is 1.81 bits per heavy atom. The van der Waals surface area contributed by atoms with Gasteiger partial charge in [0.25, 0.3) is 0 Å². The van der Waals surface area contributed by atoms with Crippen LogP contribution < -0.4 is 0 Å². The molecule has 0 unspecified atom stereocenters. The number of hydrogen-bond donors (Lipinski definition) is 0. The zero-order chi connectivity index (χ0) is 12.4. The molecule has 3 nitrogen and oxygen atoms in total. The van der Waals surface area contributed by atoms with E-state index in [2.05, 4.69) is 20.8 Å². The number of amides is 1. The van der Waals surface area contributed by atoms with E-state index >= 15 is 0 Å². The van der Waals surface area contributed by atoms with Gasteiger partial charge < -0.3 is 9.33 Å². The van der Waals surface area contributed by atoms with Gasteiger partial charge >= 0.3 is 0 Å². The number of nitrogens with zero attached hydrogens (tertiary/aromatic N) is 1. The number of rotatable bonds is 3. The molecule has 94 valence electrons. The number of piperidine rings is 1. The molecular formula is C12H25NO2Si. The molecule has 0 saturated carbocycles. The average Bonchev–Trinajstić information content (AvgIpc) is 2.14. The maximum absolute atomic E-state index is 11.8. The smallest absolute Gasteiger partial charge is 0.224 e. The largest absolute Gasteiger partial charge is 0.402 e. The van der Waals surface area contributed by atoms with Crippen molar-refractivity contribution in [2.75, 3.05) is 6.54 Å². The lowest BCUT2D eigenvalue weighted by atomic mass is 10.1. The van der Waals surface area contributed by atoms with E-state index in [1.165, 1.54) is 0 Å². The molecule has 0 aromatic rings. The molecule has 0 atom stereocenters. The number of hydrogen-bond acceptors (Lipinski definition) is 2. The molecule has 1 amide bonds. The van der Waals surface area contributed by atoms with Crippen LogP contribution in [0.5, 0.6) is 0 Å². The summed E-state index contributed by atoms with van der Waals surface area (Å²) in [5, 5.41) is 0.274. The molecule has 1 rings (SSSR count). The first-order valence-corrected chi connectivity index (χ1v) is 7.45. The highest BCUT2D eigenvalue weighted by Gasteiger charge is 2.33. The average molecular weight is 243 g/mol. The first kappa shape index (κ1) is 13.7. The fourth-order valence-electron chi connectivity index (χ4n) is 1.85. The molecule has 0 aromatic carbocycles. The molecule has 0 spiro atoms. The van der Waals surface area contributed by atoms with Crippen LogP contribution in [-0.2, 0) is 9.22 Å². The van der Waals surface area contributed by atoms with Gasteiger partial charge in [-0.15, -0.1) is 0 Å². The lowest BCUT2D eigenvalue weighted by molar-refractivity contribution is -0.152. The van der Waals surface area contributed by atoms with Gasteiger partial charge in [-0.2, -0.15) is 0 Å². The van der Waals surface area contributed by atoms with Gasteiger partial charge in [0.1, 0.15) is 5.72 Å². The third kappa shape index (κ3) is 3.90. The molecule has 1 aliphatic heterocycles. The van der Waals surface area contributed by atoms with Gasteiger partial charge in [-0.05, 0) is 31.7 Å². The van der Waals surface area contributed by atoms with Crippen molar-refractivity contribution in [2.45, 2.75) is 64.6 Å². The summed E-state index contributed by atoms with van der Waals surface area (Å²) in [5.74, 6) is 0.249. The standard InChI is InChI=1S/C12H25NO2Si/c1-11(2,3)16-15-12(4,5)13-9-7-6-8-10(13)14/h6-9,16H2,1-5H3. The molecule has 0 aromatic heterocycles. The van der Waals surface area contributed by atoms with Crippen LogP contribution in [0.3, 0.4) is 0 Å². The molecule has 16 heavy (non-hydrogen) atoms. The Balaban J connectivity index is 2.58. The molecule has 0 radical (unpaired) electrons. The highest BCUT2D eigenvalue weighted by molar-refractivity contribution is 6.31. The Hall–Kier alpha value is -0.353. The summed E-state index contributed by atoms with van der Waals surface area (Å²) in [6.45, 7) is 11.5. The van der Waals surface area contributed by atoms with E-state index in [4.69, 9.17) is 4.43 Å². The SMILES string of the molecule is CC(C)(C)[SiH2]OC(C)(C)N1CCCCC1=O. The van der Waals surface area contributed by atoms with E-state index in [9.17, 15) is 4.79 Å². The van der Waals surface area contributed by atoms with E-state index in [0.717, 1.165) is 19.4 Å². The van der Waals surface area contributed by atoms with Gasteiger partial charge in [-0.3, -0.25) is 4.79 Å². The lowest BCUT2D eigenvalue weighted by Crippen LogP contribution is -2.52. The van der Waals surface area contributed by atoms with Crippen molar-refractivity contribution >= 4 is 15.7 Å². The van der Waals surface area contributed by atoms with E-state index < -0.39 is 15.5 Å². The highest BCUT2D eigenvalue weighted by atomic mass is 28.2. The third-order valence-electron chi connectivity index (χ3n) is 2.83. The zero-order valence-corrected chi connectivity index (χ0v) is 12.7. The van der Waals surface area contributed by atoms with Crippen LogP contribution in [0.4, 0.5) is 0 Å². The van der Waals surface area contributed by atoms with Gasteiger partial charge in [0, 0.05) is 13.0 Å². The number of carbonyl (C=O) groups is 1. The minimum atomic E-state index is -0.616. The van der Waals surface area contributed by atoms with Crippen molar-refractivity contribution in [3.8, 4) is 0 Å². The van der Waals surface area contributed by atoms with Crippen LogP contribution in [0.2, 0.25) is 5.04 Å².